The number of hydrogen-bond donors (Lipinski definition) is 2. The van der Waals surface area contributed by atoms with E-state index >= 15 is 0 Å². The van der Waals surface area contributed by atoms with Gasteiger partial charge >= 0.3 is 0 Å². The molecule has 0 fully saturated rings. The average Bonchev–Trinajstić information content (AvgIpc) is 2.89. The molecule has 2 N–H and O–H groups in total. The Morgan fingerprint density at radius 2 is 1.50 bits per heavy atom. The standard InChI is InChI=1S/C27H26ClN5O5S2/c1-18-4-9-23(16-19(18)2)33(40(37,38)25-10-5-21(28)6-11-25)17-26(34)31-22-7-12-24(13-8-22)39(35,36)32-27-29-15-14-20(3)30-27/h4-16H,17H2,1-3H3,(H,31,34)(H,29,30,32). The Labute approximate surface area is 238 Å². The molecule has 0 bridgehead atoms. The predicted molar refractivity (Wildman–Crippen MR) is 155 cm³/mol. The maximum atomic E-state index is 13.6. The number of carbonyl (C=O) groups is 1. The van der Waals surface area contributed by atoms with Crippen LogP contribution in [0.4, 0.5) is 17.3 Å². The molecule has 0 radical (unpaired) electrons. The van der Waals surface area contributed by atoms with Crippen LogP contribution in [0.2, 0.25) is 5.02 Å². The van der Waals surface area contributed by atoms with Crippen molar-refractivity contribution < 1.29 is 21.6 Å². The van der Waals surface area contributed by atoms with Crippen molar-refractivity contribution in [2.75, 3.05) is 20.9 Å². The van der Waals surface area contributed by atoms with Crippen LogP contribution in [0, 0.1) is 20.8 Å². The fourth-order valence-electron chi connectivity index (χ4n) is 3.66. The zero-order chi connectivity index (χ0) is 29.1. The Morgan fingerprint density at radius 3 is 2.12 bits per heavy atom. The van der Waals surface area contributed by atoms with E-state index < -0.39 is 32.5 Å². The number of nitrogens with one attached hydrogen (secondary N) is 2. The van der Waals surface area contributed by atoms with Crippen LogP contribution in [-0.2, 0) is 24.8 Å². The summed E-state index contributed by atoms with van der Waals surface area (Å²) in [6.07, 6.45) is 1.44. The monoisotopic (exact) mass is 599 g/mol. The van der Waals surface area contributed by atoms with Crippen molar-refractivity contribution in [2.24, 2.45) is 0 Å². The Hall–Kier alpha value is -4.00. The minimum Gasteiger partial charge on any atom is -0.325 e. The lowest BCUT2D eigenvalue weighted by Gasteiger charge is -2.25. The van der Waals surface area contributed by atoms with Gasteiger partial charge in [0.2, 0.25) is 11.9 Å². The molecule has 0 aliphatic carbocycles. The highest BCUT2D eigenvalue weighted by atomic mass is 35.5. The van der Waals surface area contributed by atoms with E-state index in [-0.39, 0.29) is 21.4 Å². The van der Waals surface area contributed by atoms with Gasteiger partial charge in [0.25, 0.3) is 20.0 Å². The summed E-state index contributed by atoms with van der Waals surface area (Å²) in [5, 5.41) is 3.01. The molecule has 0 saturated heterocycles. The van der Waals surface area contributed by atoms with Crippen molar-refractivity contribution in [3.05, 3.63) is 101 Å². The van der Waals surface area contributed by atoms with Crippen molar-refractivity contribution in [2.45, 2.75) is 30.6 Å². The van der Waals surface area contributed by atoms with Gasteiger partial charge in [-0.25, -0.2) is 31.5 Å². The maximum absolute atomic E-state index is 13.6. The van der Waals surface area contributed by atoms with Crippen LogP contribution in [0.5, 0.6) is 0 Å². The lowest BCUT2D eigenvalue weighted by atomic mass is 10.1. The lowest BCUT2D eigenvalue weighted by molar-refractivity contribution is -0.114. The van der Waals surface area contributed by atoms with Gasteiger partial charge in [0, 0.05) is 22.6 Å². The molecule has 4 rings (SSSR count). The Bertz CT molecular complexity index is 1760. The number of carbonyl (C=O) groups excluding carboxylic acids is 1. The third kappa shape index (κ3) is 6.76. The van der Waals surface area contributed by atoms with E-state index in [1.165, 1.54) is 54.7 Å². The first-order valence-corrected chi connectivity index (χ1v) is 15.2. The second-order valence-corrected chi connectivity index (χ2v) is 12.9. The minimum absolute atomic E-state index is 0.0254. The molecule has 1 heterocycles. The van der Waals surface area contributed by atoms with Crippen LogP contribution in [0.15, 0.2) is 88.8 Å². The van der Waals surface area contributed by atoms with Gasteiger partial charge in [-0.15, -0.1) is 0 Å². The Balaban J connectivity index is 1.55. The molecule has 4 aromatic rings. The third-order valence-electron chi connectivity index (χ3n) is 5.94. The first-order valence-electron chi connectivity index (χ1n) is 11.9. The van der Waals surface area contributed by atoms with E-state index in [4.69, 9.17) is 11.6 Å². The minimum atomic E-state index is -4.13. The molecular formula is C27H26ClN5O5S2. The summed E-state index contributed by atoms with van der Waals surface area (Å²) in [6, 6.07) is 17.8. The number of anilines is 3. The molecule has 1 amide bonds. The number of halogens is 1. The van der Waals surface area contributed by atoms with Gasteiger partial charge in [-0.05, 0) is 98.6 Å². The number of hydrogen-bond acceptors (Lipinski definition) is 7. The SMILES string of the molecule is Cc1ccnc(NS(=O)(=O)c2ccc(NC(=O)CN(c3ccc(C)c(C)c3)S(=O)(=O)c3ccc(Cl)cc3)cc2)n1. The maximum Gasteiger partial charge on any atom is 0.264 e. The van der Waals surface area contributed by atoms with Crippen LogP contribution >= 0.6 is 11.6 Å². The van der Waals surface area contributed by atoms with Crippen molar-refractivity contribution in [1.82, 2.24) is 9.97 Å². The molecule has 208 valence electrons. The first-order chi connectivity index (χ1) is 18.8. The second kappa shape index (κ2) is 11.6. The van der Waals surface area contributed by atoms with Gasteiger partial charge in [0.1, 0.15) is 6.54 Å². The molecule has 13 heteroatoms. The zero-order valence-corrected chi connectivity index (χ0v) is 24.2. The molecule has 1 aromatic heterocycles. The van der Waals surface area contributed by atoms with Crippen molar-refractivity contribution >= 4 is 54.9 Å². The van der Waals surface area contributed by atoms with Crippen LogP contribution < -0.4 is 14.3 Å². The topological polar surface area (TPSA) is 138 Å². The normalized spacial score (nSPS) is 11.6. The largest absolute Gasteiger partial charge is 0.325 e. The van der Waals surface area contributed by atoms with Crippen molar-refractivity contribution in [3.8, 4) is 0 Å². The van der Waals surface area contributed by atoms with Crippen molar-refractivity contribution in [3.63, 3.8) is 0 Å². The van der Waals surface area contributed by atoms with Crippen LogP contribution in [0.3, 0.4) is 0 Å². The highest BCUT2D eigenvalue weighted by molar-refractivity contribution is 7.93. The second-order valence-electron chi connectivity index (χ2n) is 8.93. The number of nitrogens with zero attached hydrogens (tertiary/aromatic N) is 3. The molecule has 0 saturated carbocycles. The number of rotatable bonds is 9. The summed E-state index contributed by atoms with van der Waals surface area (Å²) in [4.78, 5) is 20.9. The molecule has 10 nitrogen and oxygen atoms in total. The third-order valence-corrected chi connectivity index (χ3v) is 9.32. The number of benzene rings is 3. The quantitative estimate of drug-likeness (QED) is 0.284. The summed E-state index contributed by atoms with van der Waals surface area (Å²) in [5.41, 5.74) is 3.02. The van der Waals surface area contributed by atoms with E-state index in [1.807, 2.05) is 13.8 Å². The molecular weight excluding hydrogens is 574 g/mol. The molecule has 0 atom stereocenters. The van der Waals surface area contributed by atoms with Crippen molar-refractivity contribution in [1.29, 1.82) is 0 Å². The number of amides is 1. The smallest absolute Gasteiger partial charge is 0.264 e. The molecule has 0 spiro atoms. The molecule has 0 aliphatic heterocycles. The van der Waals surface area contributed by atoms with Gasteiger partial charge in [-0.3, -0.25) is 9.10 Å². The highest BCUT2D eigenvalue weighted by Crippen LogP contribution is 2.27. The zero-order valence-electron chi connectivity index (χ0n) is 21.8. The fourth-order valence-corrected chi connectivity index (χ4v) is 6.14. The molecule has 40 heavy (non-hydrogen) atoms. The molecule has 3 aromatic carbocycles. The number of aromatic nitrogens is 2. The molecule has 0 aliphatic rings. The lowest BCUT2D eigenvalue weighted by Crippen LogP contribution is -2.38. The van der Waals surface area contributed by atoms with Gasteiger partial charge < -0.3 is 5.32 Å². The van der Waals surface area contributed by atoms with E-state index in [0.717, 1.165) is 15.4 Å². The predicted octanol–water partition coefficient (Wildman–Crippen LogP) is 4.69. The average molecular weight is 600 g/mol. The van der Waals surface area contributed by atoms with Gasteiger partial charge in [0.05, 0.1) is 15.5 Å². The first kappa shape index (κ1) is 29.0. The Kier molecular flexibility index (Phi) is 8.43. The summed E-state index contributed by atoms with van der Waals surface area (Å²) in [5.74, 6) is -0.691. The highest BCUT2D eigenvalue weighted by Gasteiger charge is 2.28. The van der Waals surface area contributed by atoms with Crippen LogP contribution in [0.1, 0.15) is 16.8 Å². The number of sulfonamides is 2. The number of aryl methyl sites for hydroxylation is 3. The summed E-state index contributed by atoms with van der Waals surface area (Å²) >= 11 is 5.94. The van der Waals surface area contributed by atoms with Crippen LogP contribution in [0.25, 0.3) is 0 Å². The summed E-state index contributed by atoms with van der Waals surface area (Å²) in [7, 11) is -8.11. The fraction of sp³-hybridized carbons (Fsp3) is 0.148. The van der Waals surface area contributed by atoms with E-state index in [2.05, 4.69) is 20.0 Å². The van der Waals surface area contributed by atoms with E-state index in [0.29, 0.717) is 16.4 Å². The summed E-state index contributed by atoms with van der Waals surface area (Å²) < 4.78 is 55.9. The van der Waals surface area contributed by atoms with Gasteiger partial charge in [-0.2, -0.15) is 0 Å². The van der Waals surface area contributed by atoms with Gasteiger partial charge in [-0.1, -0.05) is 17.7 Å². The van der Waals surface area contributed by atoms with Crippen LogP contribution in [-0.4, -0.2) is 39.3 Å². The Morgan fingerprint density at radius 1 is 0.850 bits per heavy atom. The van der Waals surface area contributed by atoms with Gasteiger partial charge in [0.15, 0.2) is 0 Å². The summed E-state index contributed by atoms with van der Waals surface area (Å²) in [6.45, 7) is 4.93. The van der Waals surface area contributed by atoms with E-state index in [1.54, 1.807) is 31.2 Å². The molecule has 0 unspecified atom stereocenters. The van der Waals surface area contributed by atoms with E-state index in [9.17, 15) is 21.6 Å².